The van der Waals surface area contributed by atoms with E-state index in [1.54, 1.807) is 12.1 Å². The lowest BCUT2D eigenvalue weighted by Crippen LogP contribution is -2.28. The number of ether oxygens (including phenoxy) is 3. The Morgan fingerprint density at radius 1 is 0.879 bits per heavy atom. The van der Waals surface area contributed by atoms with Crippen LogP contribution in [0.2, 0.25) is 0 Å². The third-order valence-corrected chi connectivity index (χ3v) is 5.13. The zero-order valence-electron chi connectivity index (χ0n) is 17.9. The number of carbonyl (C=O) groups is 3. The Morgan fingerprint density at radius 2 is 1.45 bits per heavy atom. The smallest absolute Gasteiger partial charge is 0.251 e. The van der Waals surface area contributed by atoms with E-state index < -0.39 is 0 Å². The van der Waals surface area contributed by atoms with Crippen molar-refractivity contribution in [3.63, 3.8) is 0 Å². The molecule has 0 aliphatic carbocycles. The van der Waals surface area contributed by atoms with Crippen LogP contribution in [0.25, 0.3) is 10.4 Å². The Morgan fingerprint density at radius 3 is 2.06 bits per heavy atom. The molecule has 0 unspecified atom stereocenters. The topological polar surface area (TPSA) is 164 Å². The molecule has 14 heteroatoms. The van der Waals surface area contributed by atoms with E-state index in [0.717, 1.165) is 0 Å². The first-order valence-corrected chi connectivity index (χ1v) is 12.9. The van der Waals surface area contributed by atoms with Gasteiger partial charge in [0.2, 0.25) is 11.8 Å². The molecule has 0 spiro atoms. The van der Waals surface area contributed by atoms with Crippen LogP contribution in [-0.4, -0.2) is 79.3 Å². The summed E-state index contributed by atoms with van der Waals surface area (Å²) in [6, 6.07) is 4.67. The average molecular weight is 688 g/mol. The van der Waals surface area contributed by atoms with Crippen LogP contribution in [-0.2, 0) is 23.8 Å². The largest absolute Gasteiger partial charge is 0.379 e. The van der Waals surface area contributed by atoms with Crippen molar-refractivity contribution in [3.8, 4) is 0 Å². The van der Waals surface area contributed by atoms with E-state index >= 15 is 0 Å². The lowest BCUT2D eigenvalue weighted by Gasteiger charge is -2.13. The lowest BCUT2D eigenvalue weighted by atomic mass is 10.1. The summed E-state index contributed by atoms with van der Waals surface area (Å²) in [6.45, 7) is 2.80. The molecule has 0 aromatic heterocycles. The van der Waals surface area contributed by atoms with Crippen molar-refractivity contribution in [1.82, 2.24) is 5.32 Å². The van der Waals surface area contributed by atoms with Crippen molar-refractivity contribution < 1.29 is 28.6 Å². The number of rotatable bonds is 17. The molecule has 33 heavy (non-hydrogen) atoms. The van der Waals surface area contributed by atoms with Gasteiger partial charge < -0.3 is 30.2 Å². The van der Waals surface area contributed by atoms with E-state index in [-0.39, 0.29) is 26.6 Å². The van der Waals surface area contributed by atoms with Gasteiger partial charge in [0.25, 0.3) is 5.91 Å². The van der Waals surface area contributed by atoms with Gasteiger partial charge in [0.15, 0.2) is 0 Å². The van der Waals surface area contributed by atoms with Gasteiger partial charge in [-0.3, -0.25) is 14.4 Å². The predicted molar refractivity (Wildman–Crippen MR) is 140 cm³/mol. The SMILES string of the molecule is [N-]=[N+]=NCCOCCOCCOCCNC(=O)c1ccc(NC(=O)CI)c(NC(=O)CI)c1. The van der Waals surface area contributed by atoms with Crippen molar-refractivity contribution in [2.75, 3.05) is 72.2 Å². The molecule has 0 saturated heterocycles. The molecule has 0 fully saturated rings. The molecule has 1 rings (SSSR count). The third kappa shape index (κ3) is 13.5. The number of anilines is 2. The number of carbonyl (C=O) groups excluding carboxylic acids is 3. The zero-order chi connectivity index (χ0) is 24.3. The highest BCUT2D eigenvalue weighted by Gasteiger charge is 2.13. The minimum atomic E-state index is -0.329. The summed E-state index contributed by atoms with van der Waals surface area (Å²) < 4.78 is 16.4. The summed E-state index contributed by atoms with van der Waals surface area (Å²) >= 11 is 3.87. The number of halogens is 2. The average Bonchev–Trinajstić information content (AvgIpc) is 2.82. The molecule has 182 valence electrons. The molecule has 3 amide bonds. The molecule has 0 aliphatic rings. The van der Waals surface area contributed by atoms with Gasteiger partial charge in [-0.1, -0.05) is 50.3 Å². The Hall–Kier alpha value is -1.72. The number of alkyl halides is 2. The molecule has 1 aromatic rings. The van der Waals surface area contributed by atoms with E-state index in [1.807, 2.05) is 45.2 Å². The molecule has 1 aromatic carbocycles. The fourth-order valence-corrected chi connectivity index (χ4v) is 2.68. The number of azide groups is 1. The Labute approximate surface area is 218 Å². The van der Waals surface area contributed by atoms with Gasteiger partial charge in [-0.25, -0.2) is 0 Å². The van der Waals surface area contributed by atoms with Gasteiger partial charge in [-0.15, -0.1) is 0 Å². The first kappa shape index (κ1) is 29.3. The summed E-state index contributed by atoms with van der Waals surface area (Å²) in [6.07, 6.45) is 0. The second kappa shape index (κ2) is 18.7. The maximum atomic E-state index is 12.4. The van der Waals surface area contributed by atoms with Gasteiger partial charge in [-0.2, -0.15) is 0 Å². The monoisotopic (exact) mass is 688 g/mol. The summed E-state index contributed by atoms with van der Waals surface area (Å²) in [4.78, 5) is 38.5. The quantitative estimate of drug-likeness (QED) is 0.0569. The van der Waals surface area contributed by atoms with Crippen LogP contribution in [0.4, 0.5) is 11.4 Å². The van der Waals surface area contributed by atoms with Gasteiger partial charge in [0.1, 0.15) is 0 Å². The van der Waals surface area contributed by atoms with E-state index in [4.69, 9.17) is 19.7 Å². The van der Waals surface area contributed by atoms with Crippen LogP contribution in [0.5, 0.6) is 0 Å². The summed E-state index contributed by atoms with van der Waals surface area (Å²) in [5, 5.41) is 11.5. The predicted octanol–water partition coefficient (Wildman–Crippen LogP) is 2.52. The van der Waals surface area contributed by atoms with Crippen molar-refractivity contribution in [3.05, 3.63) is 34.2 Å². The summed E-state index contributed by atoms with van der Waals surface area (Å²) in [7, 11) is 0. The number of nitrogens with one attached hydrogen (secondary N) is 3. The number of hydrogen-bond donors (Lipinski definition) is 3. The molecule has 0 saturated carbocycles. The molecule has 12 nitrogen and oxygen atoms in total. The van der Waals surface area contributed by atoms with E-state index in [1.165, 1.54) is 6.07 Å². The van der Waals surface area contributed by atoms with Gasteiger partial charge in [0.05, 0.1) is 59.9 Å². The van der Waals surface area contributed by atoms with Crippen LogP contribution in [0.1, 0.15) is 10.4 Å². The van der Waals surface area contributed by atoms with Crippen LogP contribution in [0.3, 0.4) is 0 Å². The van der Waals surface area contributed by atoms with Gasteiger partial charge in [0, 0.05) is 23.6 Å². The number of benzene rings is 1. The molecular weight excluding hydrogens is 662 g/mol. The van der Waals surface area contributed by atoms with E-state index in [9.17, 15) is 14.4 Å². The standard InChI is InChI=1S/C19H26I2N6O6/c20-12-17(28)25-15-2-1-14(11-16(15)26-18(29)13-21)19(30)23-3-5-31-7-9-33-10-8-32-6-4-24-27-22/h1-2,11H,3-10,12-13H2,(H,23,30)(H,25,28)(H,26,29). The van der Waals surface area contributed by atoms with Crippen molar-refractivity contribution in [2.24, 2.45) is 5.11 Å². The van der Waals surface area contributed by atoms with Crippen LogP contribution in [0, 0.1) is 0 Å². The van der Waals surface area contributed by atoms with Crippen LogP contribution in [0.15, 0.2) is 23.3 Å². The minimum absolute atomic E-state index is 0.211. The van der Waals surface area contributed by atoms with Crippen LogP contribution < -0.4 is 16.0 Å². The molecule has 0 heterocycles. The van der Waals surface area contributed by atoms with Gasteiger partial charge in [-0.05, 0) is 23.7 Å². The fraction of sp³-hybridized carbons (Fsp3) is 0.526. The molecule has 0 aliphatic heterocycles. The Bertz CT molecular complexity index is 822. The minimum Gasteiger partial charge on any atom is -0.379 e. The maximum absolute atomic E-state index is 12.4. The van der Waals surface area contributed by atoms with Crippen molar-refractivity contribution in [2.45, 2.75) is 0 Å². The third-order valence-electron chi connectivity index (χ3n) is 3.75. The Balaban J connectivity index is 2.33. The maximum Gasteiger partial charge on any atom is 0.251 e. The lowest BCUT2D eigenvalue weighted by molar-refractivity contribution is -0.114. The number of hydrogen-bond acceptors (Lipinski definition) is 7. The van der Waals surface area contributed by atoms with Crippen molar-refractivity contribution >= 4 is 74.3 Å². The second-order valence-electron chi connectivity index (χ2n) is 6.17. The molecule has 0 bridgehead atoms. The van der Waals surface area contributed by atoms with Crippen molar-refractivity contribution in [1.29, 1.82) is 0 Å². The van der Waals surface area contributed by atoms with Gasteiger partial charge >= 0.3 is 0 Å². The van der Waals surface area contributed by atoms with E-state index in [0.29, 0.717) is 69.7 Å². The normalized spacial score (nSPS) is 10.2. The highest BCUT2D eigenvalue weighted by Crippen LogP contribution is 2.24. The molecule has 0 radical (unpaired) electrons. The number of nitrogens with zero attached hydrogens (tertiary/aromatic N) is 3. The van der Waals surface area contributed by atoms with Crippen LogP contribution >= 0.6 is 45.2 Å². The second-order valence-corrected chi connectivity index (χ2v) is 7.70. The Kier molecular flexibility index (Phi) is 16.6. The first-order chi connectivity index (χ1) is 16.0. The highest BCUT2D eigenvalue weighted by molar-refractivity contribution is 14.1. The first-order valence-electron chi connectivity index (χ1n) is 9.89. The summed E-state index contributed by atoms with van der Waals surface area (Å²) in [5.41, 5.74) is 9.25. The highest BCUT2D eigenvalue weighted by atomic mass is 127. The van der Waals surface area contributed by atoms with E-state index in [2.05, 4.69) is 26.0 Å². The number of amides is 3. The molecular formula is C19H26I2N6O6. The zero-order valence-corrected chi connectivity index (χ0v) is 22.2. The summed E-state index contributed by atoms with van der Waals surface area (Å²) in [5.74, 6) is -0.783. The molecule has 0 atom stereocenters. The molecule has 3 N–H and O–H groups in total. The fourth-order valence-electron chi connectivity index (χ4n) is 2.30.